The predicted octanol–water partition coefficient (Wildman–Crippen LogP) is 0.593. The van der Waals surface area contributed by atoms with Crippen LogP contribution >= 0.6 is 0 Å². The first-order valence-electron chi connectivity index (χ1n) is 8.47. The number of nitrogens with zero attached hydrogens (tertiary/aromatic N) is 1. The van der Waals surface area contributed by atoms with Gasteiger partial charge in [-0.25, -0.2) is 8.42 Å². The first-order valence-corrected chi connectivity index (χ1v) is 10.3. The molecule has 1 aliphatic heterocycles. The molecule has 0 spiro atoms. The third-order valence-corrected chi connectivity index (χ3v) is 5.97. The molecule has 11 heteroatoms. The lowest BCUT2D eigenvalue weighted by Gasteiger charge is -2.27. The summed E-state index contributed by atoms with van der Waals surface area (Å²) in [6.07, 6.45) is -4.75. The molecule has 1 unspecified atom stereocenters. The van der Waals surface area contributed by atoms with Gasteiger partial charge in [0.25, 0.3) is 0 Å². The summed E-state index contributed by atoms with van der Waals surface area (Å²) in [6.45, 7) is 1.20. The number of hydrogen-bond acceptors (Lipinski definition) is 6. The lowest BCUT2D eigenvalue weighted by molar-refractivity contribution is -0.209. The summed E-state index contributed by atoms with van der Waals surface area (Å²) < 4.78 is 56.5. The van der Waals surface area contributed by atoms with E-state index in [1.54, 1.807) is 0 Å². The van der Waals surface area contributed by atoms with Crippen LogP contribution in [-0.4, -0.2) is 67.5 Å². The highest BCUT2D eigenvalue weighted by Crippen LogP contribution is 2.29. The summed E-state index contributed by atoms with van der Waals surface area (Å²) in [6, 6.07) is 4.56. The average Bonchev–Trinajstić information content (AvgIpc) is 2.60. The Bertz CT molecular complexity index is 817. The molecule has 0 bridgehead atoms. The van der Waals surface area contributed by atoms with Gasteiger partial charge in [-0.2, -0.15) is 8.78 Å². The predicted molar refractivity (Wildman–Crippen MR) is 93.2 cm³/mol. The van der Waals surface area contributed by atoms with E-state index in [2.05, 4.69) is 0 Å². The Balaban J connectivity index is 2.12. The lowest BCUT2D eigenvalue weighted by atomic mass is 10.1. The number of aliphatic hydroxyl groups is 1. The van der Waals surface area contributed by atoms with Gasteiger partial charge in [0.05, 0.1) is 36.2 Å². The van der Waals surface area contributed by atoms with E-state index < -0.39 is 57.2 Å². The number of carbonyl (C=O) groups excluding carboxylic acids is 1. The van der Waals surface area contributed by atoms with Crippen LogP contribution in [0, 0.1) is 5.92 Å². The first kappa shape index (κ1) is 22.2. The second kappa shape index (κ2) is 8.93. The van der Waals surface area contributed by atoms with Crippen LogP contribution in [0.2, 0.25) is 0 Å². The van der Waals surface area contributed by atoms with E-state index in [4.69, 9.17) is 9.84 Å². The monoisotopic (exact) mass is 421 g/mol. The normalized spacial score (nSPS) is 16.6. The summed E-state index contributed by atoms with van der Waals surface area (Å²) in [4.78, 5) is 25.1. The van der Waals surface area contributed by atoms with E-state index in [9.17, 15) is 31.9 Å². The van der Waals surface area contributed by atoms with Gasteiger partial charge in [-0.3, -0.25) is 9.59 Å². The molecule has 1 amide bonds. The highest BCUT2D eigenvalue weighted by molar-refractivity contribution is 7.90. The molecule has 1 saturated heterocycles. The Morgan fingerprint density at radius 3 is 2.39 bits per heavy atom. The zero-order valence-electron chi connectivity index (χ0n) is 14.9. The minimum atomic E-state index is -4.23. The molecular weight excluding hydrogens is 400 g/mol. The Morgan fingerprint density at radius 2 is 1.82 bits per heavy atom. The summed E-state index contributed by atoms with van der Waals surface area (Å²) >= 11 is 0. The minimum Gasteiger partial charge on any atom is -0.481 e. The van der Waals surface area contributed by atoms with Gasteiger partial charge >= 0.3 is 12.1 Å². The molecule has 1 aromatic rings. The molecule has 2 N–H and O–H groups in total. The third kappa shape index (κ3) is 6.21. The molecule has 1 aromatic carbocycles. The van der Waals surface area contributed by atoms with Gasteiger partial charge in [0, 0.05) is 19.5 Å². The van der Waals surface area contributed by atoms with Gasteiger partial charge in [0.2, 0.25) is 5.91 Å². The Labute approximate surface area is 160 Å². The summed E-state index contributed by atoms with van der Waals surface area (Å²) in [5.74, 6) is -5.25. The van der Waals surface area contributed by atoms with E-state index in [-0.39, 0.29) is 18.7 Å². The molecule has 0 aliphatic carbocycles. The topological polar surface area (TPSA) is 121 Å². The molecule has 1 fully saturated rings. The van der Waals surface area contributed by atoms with Crippen molar-refractivity contribution in [2.45, 2.75) is 18.3 Å². The van der Waals surface area contributed by atoms with Crippen LogP contribution < -0.4 is 0 Å². The number of hydrogen-bond donors (Lipinski definition) is 2. The number of alkyl halides is 2. The fourth-order valence-electron chi connectivity index (χ4n) is 2.91. The molecule has 0 aromatic heterocycles. The van der Waals surface area contributed by atoms with Crippen LogP contribution in [0.15, 0.2) is 24.3 Å². The summed E-state index contributed by atoms with van der Waals surface area (Å²) in [5, 5.41) is 18.2. The summed E-state index contributed by atoms with van der Waals surface area (Å²) in [7, 11) is -4.16. The molecule has 1 aliphatic rings. The van der Waals surface area contributed by atoms with Gasteiger partial charge in [0.1, 0.15) is 0 Å². The van der Waals surface area contributed by atoms with Gasteiger partial charge in [-0.15, -0.1) is 0 Å². The Hall–Kier alpha value is -2.11. The Kier molecular flexibility index (Phi) is 7.07. The quantitative estimate of drug-likeness (QED) is 0.630. The number of benzene rings is 1. The second-order valence-electron chi connectivity index (χ2n) is 6.49. The number of rotatable bonds is 8. The number of morpholine rings is 1. The number of ether oxygens (including phenoxy) is 1. The van der Waals surface area contributed by atoms with Gasteiger partial charge in [0.15, 0.2) is 9.84 Å². The van der Waals surface area contributed by atoms with Gasteiger partial charge < -0.3 is 19.8 Å². The van der Waals surface area contributed by atoms with E-state index in [0.717, 1.165) is 12.1 Å². The second-order valence-corrected chi connectivity index (χ2v) is 8.59. The van der Waals surface area contributed by atoms with Crippen molar-refractivity contribution in [2.24, 2.45) is 5.92 Å². The molecule has 1 atom stereocenters. The molecule has 2 rings (SSSR count). The maximum Gasteiger partial charge on any atom is 0.381 e. The average molecular weight is 421 g/mol. The van der Waals surface area contributed by atoms with Crippen LogP contribution in [0.25, 0.3) is 0 Å². The Morgan fingerprint density at radius 1 is 1.21 bits per heavy atom. The van der Waals surface area contributed by atoms with Crippen LogP contribution in [0.5, 0.6) is 0 Å². The van der Waals surface area contributed by atoms with E-state index in [0.29, 0.717) is 13.2 Å². The van der Waals surface area contributed by atoms with Crippen LogP contribution in [0.3, 0.4) is 0 Å². The van der Waals surface area contributed by atoms with Crippen LogP contribution in [0.1, 0.15) is 17.5 Å². The molecule has 8 nitrogen and oxygen atoms in total. The molecule has 156 valence electrons. The van der Waals surface area contributed by atoms with Crippen LogP contribution in [0.4, 0.5) is 8.78 Å². The lowest BCUT2D eigenvalue weighted by Crippen LogP contribution is -2.42. The number of carboxylic acids is 1. The van der Waals surface area contributed by atoms with E-state index in [1.807, 2.05) is 0 Å². The summed E-state index contributed by atoms with van der Waals surface area (Å²) in [5.41, 5.74) is -1.20. The van der Waals surface area contributed by atoms with E-state index in [1.165, 1.54) is 17.0 Å². The molecule has 0 saturated carbocycles. The number of sulfone groups is 1. The van der Waals surface area contributed by atoms with Crippen molar-refractivity contribution in [3.05, 3.63) is 35.4 Å². The number of carbonyl (C=O) groups is 2. The van der Waals surface area contributed by atoms with Gasteiger partial charge in [-0.05, 0) is 5.56 Å². The van der Waals surface area contributed by atoms with Crippen molar-refractivity contribution < 1.29 is 41.7 Å². The molecule has 28 heavy (non-hydrogen) atoms. The van der Waals surface area contributed by atoms with E-state index >= 15 is 0 Å². The zero-order valence-corrected chi connectivity index (χ0v) is 15.7. The minimum absolute atomic E-state index is 0.289. The van der Waals surface area contributed by atoms with Crippen molar-refractivity contribution in [3.8, 4) is 0 Å². The van der Waals surface area contributed by atoms with Crippen molar-refractivity contribution in [2.75, 3.05) is 32.1 Å². The largest absolute Gasteiger partial charge is 0.481 e. The third-order valence-electron chi connectivity index (χ3n) is 4.31. The van der Waals surface area contributed by atoms with Crippen molar-refractivity contribution >= 4 is 21.7 Å². The maximum absolute atomic E-state index is 13.3. The zero-order chi connectivity index (χ0) is 20.9. The number of halogens is 2. The van der Waals surface area contributed by atoms with Crippen molar-refractivity contribution in [1.82, 2.24) is 4.90 Å². The van der Waals surface area contributed by atoms with Crippen LogP contribution in [-0.2, 0) is 36.0 Å². The molecule has 0 radical (unpaired) electrons. The molecule has 1 heterocycles. The van der Waals surface area contributed by atoms with Gasteiger partial charge in [-0.1, -0.05) is 24.3 Å². The maximum atomic E-state index is 13.3. The highest BCUT2D eigenvalue weighted by Gasteiger charge is 2.34. The first-order chi connectivity index (χ1) is 13.0. The van der Waals surface area contributed by atoms with Crippen molar-refractivity contribution in [3.63, 3.8) is 0 Å². The number of amides is 1. The fourth-order valence-corrected chi connectivity index (χ4v) is 4.63. The smallest absolute Gasteiger partial charge is 0.381 e. The number of carboxylic acid groups (broad SMARTS) is 1. The highest BCUT2D eigenvalue weighted by atomic mass is 32.2. The fraction of sp³-hybridized carbons (Fsp3) is 0.529. The standard InChI is InChI=1S/C17H21F2NO7S/c18-17(19,24)14-4-2-1-3-12(14)10-28(25,26)11-13(16(22)23)9-15(21)20-5-7-27-8-6-20/h1-4,13,24H,5-11H2,(H,22,23). The SMILES string of the molecule is O=C(O)C(CC(=O)N1CCOCC1)CS(=O)(=O)Cc1ccccc1C(O)(F)F. The number of aliphatic carboxylic acids is 1. The molecular formula is C17H21F2NO7S. The van der Waals surface area contributed by atoms with Crippen molar-refractivity contribution in [1.29, 1.82) is 0 Å².